The summed E-state index contributed by atoms with van der Waals surface area (Å²) in [4.78, 5) is 16.8. The number of aliphatic imine (C=N–C) groups is 1. The summed E-state index contributed by atoms with van der Waals surface area (Å²) in [7, 11) is 0. The van der Waals surface area contributed by atoms with Gasteiger partial charge in [-0.05, 0) is 55.7 Å². The number of furan rings is 1. The van der Waals surface area contributed by atoms with Crippen LogP contribution in [-0.2, 0) is 11.3 Å². The normalized spacial score (nSPS) is 11.9. The van der Waals surface area contributed by atoms with Crippen LogP contribution < -0.4 is 16.0 Å². The number of benzene rings is 2. The van der Waals surface area contributed by atoms with E-state index in [1.807, 2.05) is 49.4 Å². The standard InChI is InChI=1S/C26H32N4O3.HI/c1-3-27-26(28-15-9-17-32-20(2)22-11-5-4-6-12-22)29-19-21-10-7-13-23(18-21)30-25(31)24-14-8-16-33-24;/h4-8,10-14,16,18,20H,3,9,15,17,19H2,1-2H3,(H,30,31)(H2,27,28,29);1H. The first-order valence-electron chi connectivity index (χ1n) is 11.3. The molecule has 0 radical (unpaired) electrons. The van der Waals surface area contributed by atoms with Crippen LogP contribution in [-0.4, -0.2) is 31.6 Å². The largest absolute Gasteiger partial charge is 0.459 e. The Morgan fingerprint density at radius 3 is 2.62 bits per heavy atom. The molecule has 1 aromatic heterocycles. The van der Waals surface area contributed by atoms with E-state index in [1.165, 1.54) is 11.8 Å². The smallest absolute Gasteiger partial charge is 0.291 e. The highest BCUT2D eigenvalue weighted by molar-refractivity contribution is 14.0. The minimum Gasteiger partial charge on any atom is -0.459 e. The second-order valence-electron chi connectivity index (χ2n) is 7.53. The number of rotatable bonds is 11. The highest BCUT2D eigenvalue weighted by Crippen LogP contribution is 2.16. The fourth-order valence-corrected chi connectivity index (χ4v) is 3.22. The fourth-order valence-electron chi connectivity index (χ4n) is 3.22. The molecule has 3 N–H and O–H groups in total. The number of carbonyl (C=O) groups is 1. The zero-order valence-corrected chi connectivity index (χ0v) is 22.0. The van der Waals surface area contributed by atoms with Gasteiger partial charge in [0.1, 0.15) is 0 Å². The predicted octanol–water partition coefficient (Wildman–Crippen LogP) is 5.37. The minimum absolute atomic E-state index is 0. The third-order valence-corrected chi connectivity index (χ3v) is 4.94. The van der Waals surface area contributed by atoms with Crippen LogP contribution in [0.1, 0.15) is 48.1 Å². The molecule has 3 aromatic rings. The number of hydrogen-bond acceptors (Lipinski definition) is 4. The molecular formula is C26H33IN4O3. The first kappa shape index (κ1) is 27.4. The summed E-state index contributed by atoms with van der Waals surface area (Å²) < 4.78 is 11.1. The van der Waals surface area contributed by atoms with Crippen LogP contribution in [0.15, 0.2) is 82.4 Å². The molecule has 1 unspecified atom stereocenters. The first-order chi connectivity index (χ1) is 16.2. The summed E-state index contributed by atoms with van der Waals surface area (Å²) in [5.41, 5.74) is 2.87. The highest BCUT2D eigenvalue weighted by Gasteiger charge is 2.09. The fraction of sp³-hybridized carbons (Fsp3) is 0.308. The minimum atomic E-state index is -0.278. The Morgan fingerprint density at radius 2 is 1.88 bits per heavy atom. The SMILES string of the molecule is CCNC(=NCc1cccc(NC(=O)c2ccco2)c1)NCCCOC(C)c1ccccc1.I. The van der Waals surface area contributed by atoms with Crippen molar-refractivity contribution in [2.24, 2.45) is 4.99 Å². The average Bonchev–Trinajstić information content (AvgIpc) is 3.38. The Hall–Kier alpha value is -2.85. The lowest BCUT2D eigenvalue weighted by molar-refractivity contribution is 0.0646. The molecule has 2 aromatic carbocycles. The lowest BCUT2D eigenvalue weighted by atomic mass is 10.1. The molecule has 0 bridgehead atoms. The summed E-state index contributed by atoms with van der Waals surface area (Å²) >= 11 is 0. The summed E-state index contributed by atoms with van der Waals surface area (Å²) in [6.45, 7) is 6.78. The molecule has 182 valence electrons. The van der Waals surface area contributed by atoms with Crippen molar-refractivity contribution in [1.29, 1.82) is 0 Å². The molecule has 1 atom stereocenters. The van der Waals surface area contributed by atoms with Gasteiger partial charge in [0, 0.05) is 25.4 Å². The van der Waals surface area contributed by atoms with Crippen LogP contribution in [0, 0.1) is 0 Å². The topological polar surface area (TPSA) is 87.9 Å². The van der Waals surface area contributed by atoms with E-state index in [0.717, 1.165) is 31.0 Å². The molecule has 8 heteroatoms. The van der Waals surface area contributed by atoms with Crippen LogP contribution >= 0.6 is 24.0 Å². The predicted molar refractivity (Wildman–Crippen MR) is 147 cm³/mol. The molecule has 1 amide bonds. The first-order valence-corrected chi connectivity index (χ1v) is 11.3. The van der Waals surface area contributed by atoms with Crippen molar-refractivity contribution in [3.8, 4) is 0 Å². The van der Waals surface area contributed by atoms with E-state index in [9.17, 15) is 4.79 Å². The van der Waals surface area contributed by atoms with Gasteiger partial charge in [0.05, 0.1) is 18.9 Å². The van der Waals surface area contributed by atoms with Gasteiger partial charge in [-0.1, -0.05) is 42.5 Å². The van der Waals surface area contributed by atoms with Gasteiger partial charge in [-0.3, -0.25) is 4.79 Å². The Labute approximate surface area is 218 Å². The number of nitrogens with zero attached hydrogens (tertiary/aromatic N) is 1. The second-order valence-corrected chi connectivity index (χ2v) is 7.53. The number of halogens is 1. The van der Waals surface area contributed by atoms with E-state index < -0.39 is 0 Å². The highest BCUT2D eigenvalue weighted by atomic mass is 127. The van der Waals surface area contributed by atoms with Crippen molar-refractivity contribution >= 4 is 41.5 Å². The lowest BCUT2D eigenvalue weighted by Crippen LogP contribution is -2.38. The van der Waals surface area contributed by atoms with Gasteiger partial charge < -0.3 is 25.1 Å². The Morgan fingerprint density at radius 1 is 1.06 bits per heavy atom. The monoisotopic (exact) mass is 576 g/mol. The molecule has 7 nitrogen and oxygen atoms in total. The van der Waals surface area contributed by atoms with Crippen molar-refractivity contribution in [3.05, 3.63) is 89.9 Å². The van der Waals surface area contributed by atoms with E-state index >= 15 is 0 Å². The van der Waals surface area contributed by atoms with Gasteiger partial charge in [0.2, 0.25) is 0 Å². The lowest BCUT2D eigenvalue weighted by Gasteiger charge is -2.15. The number of ether oxygens (including phenoxy) is 1. The summed E-state index contributed by atoms with van der Waals surface area (Å²) in [6, 6.07) is 21.2. The van der Waals surface area contributed by atoms with Crippen LogP contribution in [0.4, 0.5) is 5.69 Å². The van der Waals surface area contributed by atoms with Crippen molar-refractivity contribution in [1.82, 2.24) is 10.6 Å². The number of nitrogens with one attached hydrogen (secondary N) is 3. The van der Waals surface area contributed by atoms with Gasteiger partial charge >= 0.3 is 0 Å². The van der Waals surface area contributed by atoms with Crippen molar-refractivity contribution in [3.63, 3.8) is 0 Å². The third-order valence-electron chi connectivity index (χ3n) is 4.94. The maximum Gasteiger partial charge on any atom is 0.291 e. The number of carbonyl (C=O) groups excluding carboxylic acids is 1. The van der Waals surface area contributed by atoms with Gasteiger partial charge in [0.25, 0.3) is 5.91 Å². The molecule has 1 heterocycles. The second kappa shape index (κ2) is 15.1. The molecule has 34 heavy (non-hydrogen) atoms. The number of guanidine groups is 1. The van der Waals surface area contributed by atoms with Gasteiger partial charge in [-0.2, -0.15) is 0 Å². The summed E-state index contributed by atoms with van der Waals surface area (Å²) in [6.07, 6.45) is 2.43. The van der Waals surface area contributed by atoms with Crippen LogP contribution in [0.25, 0.3) is 0 Å². The zero-order valence-electron chi connectivity index (χ0n) is 19.6. The quantitative estimate of drug-likeness (QED) is 0.124. The zero-order chi connectivity index (χ0) is 23.3. The Bertz CT molecular complexity index is 1010. The van der Waals surface area contributed by atoms with Crippen molar-refractivity contribution < 1.29 is 13.9 Å². The van der Waals surface area contributed by atoms with Crippen LogP contribution in [0.2, 0.25) is 0 Å². The maximum atomic E-state index is 12.2. The molecule has 0 aliphatic heterocycles. The van der Waals surface area contributed by atoms with Gasteiger partial charge in [-0.15, -0.1) is 24.0 Å². The molecule has 3 rings (SSSR count). The van der Waals surface area contributed by atoms with Crippen LogP contribution in [0.5, 0.6) is 0 Å². The van der Waals surface area contributed by atoms with Crippen molar-refractivity contribution in [2.75, 3.05) is 25.0 Å². The molecular weight excluding hydrogens is 543 g/mol. The average molecular weight is 576 g/mol. The Balaban J connectivity index is 0.00000408. The van der Waals surface area contributed by atoms with E-state index in [-0.39, 0.29) is 41.7 Å². The Kier molecular flexibility index (Phi) is 12.2. The number of amides is 1. The summed E-state index contributed by atoms with van der Waals surface area (Å²) in [5.74, 6) is 0.747. The molecule has 0 aliphatic rings. The molecule has 0 fully saturated rings. The van der Waals surface area contributed by atoms with E-state index in [2.05, 4.69) is 40.0 Å². The van der Waals surface area contributed by atoms with E-state index in [1.54, 1.807) is 12.1 Å². The number of hydrogen-bond donors (Lipinski definition) is 3. The summed E-state index contributed by atoms with van der Waals surface area (Å²) in [5, 5.41) is 9.45. The molecule has 0 saturated carbocycles. The maximum absolute atomic E-state index is 12.2. The van der Waals surface area contributed by atoms with Crippen LogP contribution in [0.3, 0.4) is 0 Å². The number of anilines is 1. The molecule has 0 spiro atoms. The van der Waals surface area contributed by atoms with E-state index in [4.69, 9.17) is 9.15 Å². The van der Waals surface area contributed by atoms with Gasteiger partial charge in [-0.25, -0.2) is 4.99 Å². The van der Waals surface area contributed by atoms with E-state index in [0.29, 0.717) is 18.8 Å². The van der Waals surface area contributed by atoms with Gasteiger partial charge in [0.15, 0.2) is 11.7 Å². The molecule has 0 aliphatic carbocycles. The van der Waals surface area contributed by atoms with Crippen molar-refractivity contribution in [2.45, 2.75) is 32.9 Å². The third kappa shape index (κ3) is 9.18. The molecule has 0 saturated heterocycles.